The molecule has 0 aromatic rings. The van der Waals surface area contributed by atoms with E-state index >= 15 is 0 Å². The van der Waals surface area contributed by atoms with Gasteiger partial charge in [-0.2, -0.15) is 5.06 Å². The van der Waals surface area contributed by atoms with E-state index in [9.17, 15) is 0 Å². The highest BCUT2D eigenvalue weighted by molar-refractivity contribution is 4.57. The topological polar surface area (TPSA) is 41.9 Å². The molecule has 0 aromatic heterocycles. The zero-order valence-corrected chi connectivity index (χ0v) is 5.41. The van der Waals surface area contributed by atoms with Crippen LogP contribution in [0.5, 0.6) is 0 Å². The summed E-state index contributed by atoms with van der Waals surface area (Å²) in [6.45, 7) is 1.56. The van der Waals surface area contributed by atoms with E-state index in [1.165, 1.54) is 0 Å². The number of nitrogens with zero attached hydrogens (tertiary/aromatic N) is 1. The number of methoxy groups -OCH3 is 1. The third-order valence-corrected chi connectivity index (χ3v) is 1.33. The lowest BCUT2D eigenvalue weighted by atomic mass is 10.5. The molecule has 1 atom stereocenters. The molecule has 0 aromatic carbocycles. The Labute approximate surface area is 53.9 Å². The first kappa shape index (κ1) is 6.95. The van der Waals surface area contributed by atoms with Gasteiger partial charge in [-0.25, -0.2) is 0 Å². The van der Waals surface area contributed by atoms with Crippen molar-refractivity contribution in [1.29, 1.82) is 0 Å². The van der Waals surface area contributed by atoms with Crippen molar-refractivity contribution < 1.29 is 14.7 Å². The molecule has 0 aliphatic carbocycles. The van der Waals surface area contributed by atoms with Gasteiger partial charge in [0.05, 0.1) is 19.8 Å². The lowest BCUT2D eigenvalue weighted by Gasteiger charge is -2.28. The fourth-order valence-electron chi connectivity index (χ4n) is 0.762. The molecule has 1 heterocycles. The van der Waals surface area contributed by atoms with Crippen LogP contribution in [0, 0.1) is 0 Å². The Hall–Kier alpha value is -0.160. The molecule has 0 radical (unpaired) electrons. The van der Waals surface area contributed by atoms with Crippen LogP contribution in [0.4, 0.5) is 0 Å². The van der Waals surface area contributed by atoms with E-state index in [0.717, 1.165) is 5.06 Å². The average Bonchev–Trinajstić information content (AvgIpc) is 1.89. The standard InChI is InChI=1S/C5H11NO3/c1-8-5-4-9-3-2-6(5)7/h5,7H,2-4H2,1H3. The van der Waals surface area contributed by atoms with Gasteiger partial charge in [0.25, 0.3) is 0 Å². The molecular weight excluding hydrogens is 122 g/mol. The Morgan fingerprint density at radius 2 is 2.56 bits per heavy atom. The first-order valence-electron chi connectivity index (χ1n) is 2.90. The molecule has 1 fully saturated rings. The van der Waals surface area contributed by atoms with Crippen molar-refractivity contribution in [2.75, 3.05) is 26.9 Å². The van der Waals surface area contributed by atoms with E-state index in [2.05, 4.69) is 0 Å². The quantitative estimate of drug-likeness (QED) is 0.532. The maximum absolute atomic E-state index is 9.00. The summed E-state index contributed by atoms with van der Waals surface area (Å²) < 4.78 is 9.87. The zero-order chi connectivity index (χ0) is 6.69. The Kier molecular flexibility index (Phi) is 2.41. The third kappa shape index (κ3) is 1.62. The number of rotatable bonds is 1. The summed E-state index contributed by atoms with van der Waals surface area (Å²) >= 11 is 0. The second-order valence-corrected chi connectivity index (χ2v) is 1.93. The van der Waals surface area contributed by atoms with Gasteiger partial charge in [-0.1, -0.05) is 0 Å². The molecule has 9 heavy (non-hydrogen) atoms. The monoisotopic (exact) mass is 133 g/mol. The predicted octanol–water partition coefficient (Wildman–Crippen LogP) is -0.320. The highest BCUT2D eigenvalue weighted by Gasteiger charge is 2.19. The van der Waals surface area contributed by atoms with Crippen LogP contribution in [0.25, 0.3) is 0 Å². The second kappa shape index (κ2) is 3.12. The fraction of sp³-hybridized carbons (Fsp3) is 1.00. The lowest BCUT2D eigenvalue weighted by Crippen LogP contribution is -2.44. The van der Waals surface area contributed by atoms with Crippen LogP contribution in [0.3, 0.4) is 0 Å². The van der Waals surface area contributed by atoms with Crippen molar-refractivity contribution in [1.82, 2.24) is 5.06 Å². The van der Waals surface area contributed by atoms with Crippen molar-refractivity contribution in [3.63, 3.8) is 0 Å². The summed E-state index contributed by atoms with van der Waals surface area (Å²) in [5.74, 6) is 0. The van der Waals surface area contributed by atoms with Gasteiger partial charge in [-0.15, -0.1) is 0 Å². The molecule has 0 amide bonds. The molecule has 1 aliphatic heterocycles. The molecule has 1 unspecified atom stereocenters. The van der Waals surface area contributed by atoms with Crippen molar-refractivity contribution in [2.24, 2.45) is 0 Å². The number of ether oxygens (including phenoxy) is 2. The van der Waals surface area contributed by atoms with Gasteiger partial charge in [0, 0.05) is 7.11 Å². The Morgan fingerprint density at radius 3 is 3.00 bits per heavy atom. The molecule has 54 valence electrons. The highest BCUT2D eigenvalue weighted by Crippen LogP contribution is 2.02. The summed E-state index contributed by atoms with van der Waals surface area (Å²) in [6, 6.07) is 0. The van der Waals surface area contributed by atoms with E-state index in [1.54, 1.807) is 7.11 Å². The van der Waals surface area contributed by atoms with Gasteiger partial charge >= 0.3 is 0 Å². The Bertz CT molecular complexity index is 88.3. The van der Waals surface area contributed by atoms with E-state index in [-0.39, 0.29) is 6.23 Å². The first-order chi connectivity index (χ1) is 4.34. The number of hydrogen-bond donors (Lipinski definition) is 1. The van der Waals surface area contributed by atoms with Crippen LogP contribution < -0.4 is 0 Å². The minimum absolute atomic E-state index is 0.279. The van der Waals surface area contributed by atoms with Crippen molar-refractivity contribution in [3.8, 4) is 0 Å². The molecule has 4 heteroatoms. The van der Waals surface area contributed by atoms with Crippen LogP contribution in [0.1, 0.15) is 0 Å². The largest absolute Gasteiger partial charge is 0.376 e. The fourth-order valence-corrected chi connectivity index (χ4v) is 0.762. The molecule has 0 bridgehead atoms. The molecule has 1 rings (SSSR count). The SMILES string of the molecule is COC1COCCN1O. The molecular formula is C5H11NO3. The van der Waals surface area contributed by atoms with Crippen LogP contribution in [-0.4, -0.2) is 43.4 Å². The third-order valence-electron chi connectivity index (χ3n) is 1.33. The van der Waals surface area contributed by atoms with Gasteiger partial charge < -0.3 is 14.7 Å². The van der Waals surface area contributed by atoms with Gasteiger partial charge in [-0.05, 0) is 0 Å². The summed E-state index contributed by atoms with van der Waals surface area (Å²) in [5, 5.41) is 10.1. The minimum Gasteiger partial charge on any atom is -0.376 e. The zero-order valence-electron chi connectivity index (χ0n) is 5.41. The smallest absolute Gasteiger partial charge is 0.155 e. The number of morpholine rings is 1. The van der Waals surface area contributed by atoms with Crippen LogP contribution in [0.2, 0.25) is 0 Å². The van der Waals surface area contributed by atoms with E-state index in [4.69, 9.17) is 14.7 Å². The van der Waals surface area contributed by atoms with Crippen LogP contribution >= 0.6 is 0 Å². The van der Waals surface area contributed by atoms with Crippen LogP contribution in [-0.2, 0) is 9.47 Å². The number of hydroxylamine groups is 2. The Morgan fingerprint density at radius 1 is 1.78 bits per heavy atom. The van der Waals surface area contributed by atoms with Crippen molar-refractivity contribution in [2.45, 2.75) is 6.23 Å². The predicted molar refractivity (Wildman–Crippen MR) is 30.1 cm³/mol. The number of hydrogen-bond acceptors (Lipinski definition) is 4. The summed E-state index contributed by atoms with van der Waals surface area (Å²) in [7, 11) is 1.54. The molecule has 0 saturated carbocycles. The van der Waals surface area contributed by atoms with Crippen molar-refractivity contribution >= 4 is 0 Å². The van der Waals surface area contributed by atoms with E-state index in [0.29, 0.717) is 19.8 Å². The normalized spacial score (nSPS) is 30.7. The molecule has 0 spiro atoms. The highest BCUT2D eigenvalue weighted by atomic mass is 16.6. The molecule has 1 saturated heterocycles. The van der Waals surface area contributed by atoms with E-state index in [1.807, 2.05) is 0 Å². The van der Waals surface area contributed by atoms with Gasteiger partial charge in [0.2, 0.25) is 0 Å². The maximum atomic E-state index is 9.00. The Balaban J connectivity index is 2.30. The lowest BCUT2D eigenvalue weighted by molar-refractivity contribution is -0.252. The maximum Gasteiger partial charge on any atom is 0.155 e. The molecule has 4 nitrogen and oxygen atoms in total. The molecule has 1 aliphatic rings. The van der Waals surface area contributed by atoms with Crippen LogP contribution in [0.15, 0.2) is 0 Å². The van der Waals surface area contributed by atoms with Gasteiger partial charge in [0.1, 0.15) is 0 Å². The van der Waals surface area contributed by atoms with Crippen molar-refractivity contribution in [3.05, 3.63) is 0 Å². The first-order valence-corrected chi connectivity index (χ1v) is 2.90. The minimum atomic E-state index is -0.279. The van der Waals surface area contributed by atoms with Gasteiger partial charge in [-0.3, -0.25) is 0 Å². The second-order valence-electron chi connectivity index (χ2n) is 1.93. The summed E-state index contributed by atoms with van der Waals surface area (Å²) in [4.78, 5) is 0. The van der Waals surface area contributed by atoms with E-state index < -0.39 is 0 Å². The van der Waals surface area contributed by atoms with Gasteiger partial charge in [0.15, 0.2) is 6.23 Å². The average molecular weight is 133 g/mol. The molecule has 1 N–H and O–H groups in total. The summed E-state index contributed by atoms with van der Waals surface area (Å²) in [6.07, 6.45) is -0.279. The summed E-state index contributed by atoms with van der Waals surface area (Å²) in [5.41, 5.74) is 0.